The molecular formula is C15H14ClFN2S. The maximum Gasteiger partial charge on any atom is 0.151 e. The highest BCUT2D eigenvalue weighted by Gasteiger charge is 2.17. The van der Waals surface area contributed by atoms with Crippen molar-refractivity contribution in [1.82, 2.24) is 9.55 Å². The molecule has 5 heteroatoms. The van der Waals surface area contributed by atoms with Crippen molar-refractivity contribution in [3.8, 4) is 0 Å². The van der Waals surface area contributed by atoms with Crippen molar-refractivity contribution in [1.29, 1.82) is 0 Å². The average molecular weight is 309 g/mol. The molecule has 1 aromatic carbocycles. The lowest BCUT2D eigenvalue weighted by atomic mass is 10.2. The number of aryl methyl sites for hydroxylation is 1. The van der Waals surface area contributed by atoms with Gasteiger partial charge in [-0.05, 0) is 47.9 Å². The first-order chi connectivity index (χ1) is 9.58. The first kappa shape index (κ1) is 13.6. The van der Waals surface area contributed by atoms with Gasteiger partial charge in [-0.15, -0.1) is 11.6 Å². The number of imidazole rings is 1. The van der Waals surface area contributed by atoms with E-state index in [9.17, 15) is 4.39 Å². The van der Waals surface area contributed by atoms with Crippen LogP contribution in [-0.2, 0) is 6.54 Å². The number of hydrogen-bond donors (Lipinski definition) is 0. The van der Waals surface area contributed by atoms with Gasteiger partial charge in [0.2, 0.25) is 0 Å². The number of benzene rings is 1. The Morgan fingerprint density at radius 3 is 2.85 bits per heavy atom. The normalized spacial score (nSPS) is 13.0. The third kappa shape index (κ3) is 2.23. The lowest BCUT2D eigenvalue weighted by Crippen LogP contribution is -2.05. The zero-order valence-corrected chi connectivity index (χ0v) is 12.8. The Bertz CT molecular complexity index is 760. The minimum atomic E-state index is -0.304. The minimum absolute atomic E-state index is 0.263. The quantitative estimate of drug-likeness (QED) is 0.630. The van der Waals surface area contributed by atoms with E-state index >= 15 is 0 Å². The number of halogens is 2. The molecule has 0 saturated heterocycles. The van der Waals surface area contributed by atoms with Gasteiger partial charge in [-0.25, -0.2) is 9.37 Å². The predicted molar refractivity (Wildman–Crippen MR) is 82.1 cm³/mol. The van der Waals surface area contributed by atoms with Gasteiger partial charge in [0.1, 0.15) is 11.3 Å². The largest absolute Gasteiger partial charge is 0.322 e. The summed E-state index contributed by atoms with van der Waals surface area (Å²) in [5.74, 6) is 0.402. The fourth-order valence-electron chi connectivity index (χ4n) is 2.32. The van der Waals surface area contributed by atoms with Crippen molar-refractivity contribution in [3.05, 3.63) is 51.7 Å². The summed E-state index contributed by atoms with van der Waals surface area (Å²) in [5, 5.41) is 3.96. The van der Waals surface area contributed by atoms with Gasteiger partial charge in [0.05, 0.1) is 17.4 Å². The molecule has 1 unspecified atom stereocenters. The second-order valence-electron chi connectivity index (χ2n) is 4.86. The Morgan fingerprint density at radius 1 is 1.40 bits per heavy atom. The highest BCUT2D eigenvalue weighted by Crippen LogP contribution is 2.28. The summed E-state index contributed by atoms with van der Waals surface area (Å²) in [4.78, 5) is 4.38. The molecule has 3 aromatic rings. The summed E-state index contributed by atoms with van der Waals surface area (Å²) < 4.78 is 15.9. The number of alkyl halides is 1. The number of rotatable bonds is 3. The third-order valence-electron chi connectivity index (χ3n) is 3.41. The van der Waals surface area contributed by atoms with Gasteiger partial charge in [-0.1, -0.05) is 6.07 Å². The molecule has 2 nitrogen and oxygen atoms in total. The Kier molecular flexibility index (Phi) is 3.52. The number of fused-ring (bicyclic) bond motifs is 1. The van der Waals surface area contributed by atoms with Crippen LogP contribution in [0.2, 0.25) is 0 Å². The molecule has 20 heavy (non-hydrogen) atoms. The van der Waals surface area contributed by atoms with Crippen molar-refractivity contribution in [2.24, 2.45) is 0 Å². The first-order valence-electron chi connectivity index (χ1n) is 6.38. The lowest BCUT2D eigenvalue weighted by molar-refractivity contribution is 0.637. The van der Waals surface area contributed by atoms with Crippen LogP contribution in [0.3, 0.4) is 0 Å². The van der Waals surface area contributed by atoms with Crippen molar-refractivity contribution in [2.75, 3.05) is 0 Å². The third-order valence-corrected chi connectivity index (χ3v) is 4.51. The van der Waals surface area contributed by atoms with Gasteiger partial charge in [-0.2, -0.15) is 11.3 Å². The van der Waals surface area contributed by atoms with Crippen molar-refractivity contribution in [3.63, 3.8) is 0 Å². The van der Waals surface area contributed by atoms with Crippen LogP contribution in [0.5, 0.6) is 0 Å². The van der Waals surface area contributed by atoms with Crippen LogP contribution in [0.1, 0.15) is 29.3 Å². The van der Waals surface area contributed by atoms with Crippen molar-refractivity contribution in [2.45, 2.75) is 25.8 Å². The van der Waals surface area contributed by atoms with Crippen molar-refractivity contribution < 1.29 is 4.39 Å². The molecule has 0 fully saturated rings. The van der Waals surface area contributed by atoms with E-state index in [1.54, 1.807) is 17.4 Å². The molecule has 0 bridgehead atoms. The van der Waals surface area contributed by atoms with E-state index in [4.69, 9.17) is 11.6 Å². The van der Waals surface area contributed by atoms with E-state index in [2.05, 4.69) is 22.7 Å². The molecular weight excluding hydrogens is 295 g/mol. The highest BCUT2D eigenvalue weighted by atomic mass is 35.5. The number of para-hydroxylation sites is 1. The molecule has 0 N–H and O–H groups in total. The molecule has 0 aliphatic heterocycles. The topological polar surface area (TPSA) is 17.8 Å². The molecule has 2 aromatic heterocycles. The molecule has 3 rings (SSSR count). The zero-order chi connectivity index (χ0) is 14.3. The predicted octanol–water partition coefficient (Wildman–Crippen LogP) is 4.89. The highest BCUT2D eigenvalue weighted by molar-refractivity contribution is 7.08. The van der Waals surface area contributed by atoms with E-state index in [1.807, 2.05) is 17.6 Å². The summed E-state index contributed by atoms with van der Waals surface area (Å²) in [6.07, 6.45) is 0. The van der Waals surface area contributed by atoms with Crippen LogP contribution in [0, 0.1) is 12.7 Å². The van der Waals surface area contributed by atoms with E-state index in [-0.39, 0.29) is 11.2 Å². The van der Waals surface area contributed by atoms with Gasteiger partial charge >= 0.3 is 0 Å². The van der Waals surface area contributed by atoms with E-state index < -0.39 is 0 Å². The summed E-state index contributed by atoms with van der Waals surface area (Å²) in [6, 6.07) is 5.02. The van der Waals surface area contributed by atoms with E-state index in [0.29, 0.717) is 17.9 Å². The number of nitrogens with zero attached hydrogens (tertiary/aromatic N) is 2. The van der Waals surface area contributed by atoms with Gasteiger partial charge in [0.15, 0.2) is 5.82 Å². The van der Waals surface area contributed by atoms with Gasteiger partial charge < -0.3 is 4.57 Å². The second kappa shape index (κ2) is 5.19. The number of hydrogen-bond acceptors (Lipinski definition) is 2. The molecule has 0 aliphatic carbocycles. The molecule has 0 aliphatic rings. The Labute approximate surface area is 125 Å². The molecule has 0 spiro atoms. The second-order valence-corrected chi connectivity index (χ2v) is 6.26. The SMILES string of the molecule is Cc1cscc1Cn1c(C(C)Cl)nc2c(F)cccc21. The molecule has 0 saturated carbocycles. The first-order valence-corrected chi connectivity index (χ1v) is 7.76. The van der Waals surface area contributed by atoms with Crippen LogP contribution in [0.15, 0.2) is 29.0 Å². The summed E-state index contributed by atoms with van der Waals surface area (Å²) in [5.41, 5.74) is 3.64. The van der Waals surface area contributed by atoms with E-state index in [0.717, 1.165) is 5.52 Å². The Balaban J connectivity index is 2.19. The Morgan fingerprint density at radius 2 is 2.20 bits per heavy atom. The van der Waals surface area contributed by atoms with Crippen LogP contribution in [-0.4, -0.2) is 9.55 Å². The molecule has 1 atom stereocenters. The van der Waals surface area contributed by atoms with Crippen LogP contribution in [0.25, 0.3) is 11.0 Å². The van der Waals surface area contributed by atoms with Gasteiger partial charge in [0.25, 0.3) is 0 Å². The fraction of sp³-hybridized carbons (Fsp3) is 0.267. The molecule has 2 heterocycles. The number of aromatic nitrogens is 2. The van der Waals surface area contributed by atoms with Crippen LogP contribution in [0.4, 0.5) is 4.39 Å². The number of thiophene rings is 1. The average Bonchev–Trinajstić information content (AvgIpc) is 2.96. The fourth-order valence-corrected chi connectivity index (χ4v) is 3.33. The van der Waals surface area contributed by atoms with Gasteiger partial charge in [0, 0.05) is 0 Å². The summed E-state index contributed by atoms with van der Waals surface area (Å²) >= 11 is 7.88. The van der Waals surface area contributed by atoms with Crippen molar-refractivity contribution >= 4 is 34.0 Å². The molecule has 104 valence electrons. The van der Waals surface area contributed by atoms with Crippen LogP contribution < -0.4 is 0 Å². The maximum atomic E-state index is 13.9. The maximum absolute atomic E-state index is 13.9. The monoisotopic (exact) mass is 308 g/mol. The summed E-state index contributed by atoms with van der Waals surface area (Å²) in [6.45, 7) is 4.61. The zero-order valence-electron chi connectivity index (χ0n) is 11.2. The smallest absolute Gasteiger partial charge is 0.151 e. The minimum Gasteiger partial charge on any atom is -0.322 e. The molecule has 0 amide bonds. The summed E-state index contributed by atoms with van der Waals surface area (Å²) in [7, 11) is 0. The standard InChI is InChI=1S/C15H14ClFN2S/c1-9-7-20-8-11(9)6-19-13-5-3-4-12(17)14(13)18-15(19)10(2)16/h3-5,7-8,10H,6H2,1-2H3. The molecule has 0 radical (unpaired) electrons. The van der Waals surface area contributed by atoms with Gasteiger partial charge in [-0.3, -0.25) is 0 Å². The Hall–Kier alpha value is -1.39. The van der Waals surface area contributed by atoms with E-state index in [1.165, 1.54) is 17.2 Å². The lowest BCUT2D eigenvalue weighted by Gasteiger charge is -2.10. The van der Waals surface area contributed by atoms with Crippen LogP contribution >= 0.6 is 22.9 Å².